The van der Waals surface area contributed by atoms with E-state index < -0.39 is 21.7 Å². The van der Waals surface area contributed by atoms with Crippen LogP contribution in [0.3, 0.4) is 0 Å². The van der Waals surface area contributed by atoms with Crippen LogP contribution in [0.4, 0.5) is 0 Å². The van der Waals surface area contributed by atoms with Gasteiger partial charge in [0.15, 0.2) is 5.78 Å². The number of hydroxylamine groups is 1. The predicted molar refractivity (Wildman–Crippen MR) is 48.3 cm³/mol. The Hall–Kier alpha value is -0.720. The van der Waals surface area contributed by atoms with Crippen molar-refractivity contribution >= 4 is 15.9 Å². The van der Waals surface area contributed by atoms with E-state index in [1.807, 2.05) is 0 Å². The van der Waals surface area contributed by atoms with Crippen molar-refractivity contribution in [1.29, 1.82) is 0 Å². The first kappa shape index (κ1) is 12.3. The summed E-state index contributed by atoms with van der Waals surface area (Å²) in [5.74, 6) is -1.28. The van der Waals surface area contributed by atoms with E-state index in [4.69, 9.17) is 0 Å². The van der Waals surface area contributed by atoms with Gasteiger partial charge >= 0.3 is 0 Å². The van der Waals surface area contributed by atoms with E-state index in [9.17, 15) is 13.2 Å². The number of hydrogen-bond acceptors (Lipinski definition) is 5. The van der Waals surface area contributed by atoms with Gasteiger partial charge in [-0.3, -0.25) is 4.79 Å². The lowest BCUT2D eigenvalue weighted by molar-refractivity contribution is -0.112. The number of rotatable bonds is 6. The minimum absolute atomic E-state index is 0.131. The fraction of sp³-hybridized carbons (Fsp3) is 0.571. The van der Waals surface area contributed by atoms with E-state index in [0.29, 0.717) is 0 Å². The molecule has 0 aromatic rings. The highest BCUT2D eigenvalue weighted by Crippen LogP contribution is 1.92. The Kier molecular flexibility index (Phi) is 4.82. The van der Waals surface area contributed by atoms with Crippen LogP contribution >= 0.6 is 0 Å². The van der Waals surface area contributed by atoms with Crippen molar-refractivity contribution in [2.75, 3.05) is 5.75 Å². The third kappa shape index (κ3) is 6.44. The van der Waals surface area contributed by atoms with Crippen LogP contribution in [0.2, 0.25) is 0 Å². The van der Waals surface area contributed by atoms with Gasteiger partial charge in [0.25, 0.3) is 10.1 Å². The SMILES string of the molecule is C=CC(=O)CS(=O)(=O)ONC(C)C. The second kappa shape index (κ2) is 5.11. The van der Waals surface area contributed by atoms with E-state index in [0.717, 1.165) is 6.08 Å². The van der Waals surface area contributed by atoms with Crippen LogP contribution in [0.25, 0.3) is 0 Å². The van der Waals surface area contributed by atoms with Gasteiger partial charge in [0.1, 0.15) is 5.75 Å². The Bertz CT molecular complexity index is 281. The number of nitrogens with one attached hydrogen (secondary N) is 1. The lowest BCUT2D eigenvalue weighted by Gasteiger charge is -2.07. The van der Waals surface area contributed by atoms with Crippen LogP contribution in [0, 0.1) is 0 Å². The summed E-state index contributed by atoms with van der Waals surface area (Å²) in [5.41, 5.74) is 2.24. The van der Waals surface area contributed by atoms with Crippen molar-refractivity contribution < 1.29 is 17.5 Å². The van der Waals surface area contributed by atoms with Crippen LogP contribution in [0.5, 0.6) is 0 Å². The van der Waals surface area contributed by atoms with E-state index in [2.05, 4.69) is 16.3 Å². The maximum absolute atomic E-state index is 11.0. The van der Waals surface area contributed by atoms with E-state index in [1.165, 1.54) is 0 Å². The average Bonchev–Trinajstić information content (AvgIpc) is 2.00. The average molecular weight is 207 g/mol. The summed E-state index contributed by atoms with van der Waals surface area (Å²) >= 11 is 0. The smallest absolute Gasteiger partial charge is 0.290 e. The molecule has 6 heteroatoms. The summed E-state index contributed by atoms with van der Waals surface area (Å²) in [7, 11) is -3.82. The van der Waals surface area contributed by atoms with Crippen LogP contribution in [0.15, 0.2) is 12.7 Å². The van der Waals surface area contributed by atoms with E-state index >= 15 is 0 Å². The van der Waals surface area contributed by atoms with Crippen molar-refractivity contribution in [2.45, 2.75) is 19.9 Å². The third-order valence-corrected chi connectivity index (χ3v) is 1.95. The summed E-state index contributed by atoms with van der Waals surface area (Å²) in [6.45, 7) is 6.58. The molecular weight excluding hydrogens is 194 g/mol. The summed E-state index contributed by atoms with van der Waals surface area (Å²) in [4.78, 5) is 10.7. The molecule has 0 amide bonds. The molecule has 1 N–H and O–H groups in total. The standard InChI is InChI=1S/C7H13NO4S/c1-4-7(9)5-13(10,11)12-8-6(2)3/h4,6,8H,1,5H2,2-3H3. The zero-order chi connectivity index (χ0) is 10.5. The van der Waals surface area contributed by atoms with Gasteiger partial charge in [0, 0.05) is 6.04 Å². The normalized spacial score (nSPS) is 11.6. The lowest BCUT2D eigenvalue weighted by Crippen LogP contribution is -2.29. The molecule has 0 aliphatic heterocycles. The monoisotopic (exact) mass is 207 g/mol. The number of carbonyl (C=O) groups excluding carboxylic acids is 1. The highest BCUT2D eigenvalue weighted by molar-refractivity contribution is 7.87. The zero-order valence-electron chi connectivity index (χ0n) is 7.61. The molecule has 76 valence electrons. The first-order valence-electron chi connectivity index (χ1n) is 3.69. The molecule has 0 rings (SSSR count). The molecule has 0 saturated heterocycles. The van der Waals surface area contributed by atoms with Crippen LogP contribution in [-0.2, 0) is 19.2 Å². The quantitative estimate of drug-likeness (QED) is 0.490. The summed E-state index contributed by atoms with van der Waals surface area (Å²) in [6.07, 6.45) is 0.941. The van der Waals surface area contributed by atoms with Gasteiger partial charge in [0.2, 0.25) is 0 Å². The van der Waals surface area contributed by atoms with Gasteiger partial charge in [0.05, 0.1) is 0 Å². The molecular formula is C7H13NO4S. The predicted octanol–water partition coefficient (Wildman–Crippen LogP) is 0.000900. The molecule has 0 spiro atoms. The van der Waals surface area contributed by atoms with E-state index in [1.54, 1.807) is 13.8 Å². The first-order valence-corrected chi connectivity index (χ1v) is 5.27. The highest BCUT2D eigenvalue weighted by Gasteiger charge is 2.15. The van der Waals surface area contributed by atoms with Crippen molar-refractivity contribution in [3.05, 3.63) is 12.7 Å². The van der Waals surface area contributed by atoms with Crippen molar-refractivity contribution in [3.63, 3.8) is 0 Å². The fourth-order valence-electron chi connectivity index (χ4n) is 0.432. The van der Waals surface area contributed by atoms with Gasteiger partial charge in [-0.2, -0.15) is 18.2 Å². The molecule has 0 saturated carbocycles. The van der Waals surface area contributed by atoms with Gasteiger partial charge in [-0.1, -0.05) is 6.58 Å². The Balaban J connectivity index is 4.10. The second-order valence-electron chi connectivity index (χ2n) is 2.73. The Morgan fingerprint density at radius 1 is 1.62 bits per heavy atom. The molecule has 5 nitrogen and oxygen atoms in total. The molecule has 13 heavy (non-hydrogen) atoms. The molecule has 0 unspecified atom stereocenters. The minimum Gasteiger partial charge on any atom is -0.294 e. The fourth-order valence-corrected chi connectivity index (χ4v) is 1.30. The van der Waals surface area contributed by atoms with Crippen LogP contribution in [0.1, 0.15) is 13.8 Å². The molecule has 0 atom stereocenters. The highest BCUT2D eigenvalue weighted by atomic mass is 32.2. The number of carbonyl (C=O) groups is 1. The van der Waals surface area contributed by atoms with E-state index in [-0.39, 0.29) is 6.04 Å². The molecule has 0 aromatic carbocycles. The topological polar surface area (TPSA) is 72.5 Å². The molecule has 0 aromatic heterocycles. The summed E-state index contributed by atoms with van der Waals surface area (Å²) in [6, 6.07) is -0.131. The molecule has 0 heterocycles. The zero-order valence-corrected chi connectivity index (χ0v) is 8.43. The lowest BCUT2D eigenvalue weighted by atomic mass is 10.4. The molecule has 0 bridgehead atoms. The maximum atomic E-state index is 11.0. The summed E-state index contributed by atoms with van der Waals surface area (Å²) < 4.78 is 26.2. The summed E-state index contributed by atoms with van der Waals surface area (Å²) in [5, 5.41) is 0. The molecule has 0 fully saturated rings. The Morgan fingerprint density at radius 2 is 2.15 bits per heavy atom. The number of ketones is 1. The molecule has 0 aliphatic carbocycles. The third-order valence-electron chi connectivity index (χ3n) is 0.957. The van der Waals surface area contributed by atoms with Gasteiger partial charge < -0.3 is 0 Å². The van der Waals surface area contributed by atoms with Crippen molar-refractivity contribution in [1.82, 2.24) is 5.48 Å². The van der Waals surface area contributed by atoms with Gasteiger partial charge in [-0.15, -0.1) is 0 Å². The second-order valence-corrected chi connectivity index (χ2v) is 4.30. The minimum atomic E-state index is -3.82. The number of allylic oxidation sites excluding steroid dienone is 1. The van der Waals surface area contributed by atoms with Crippen molar-refractivity contribution in [2.24, 2.45) is 0 Å². The van der Waals surface area contributed by atoms with Gasteiger partial charge in [-0.05, 0) is 19.9 Å². The largest absolute Gasteiger partial charge is 0.294 e. The molecule has 0 radical (unpaired) electrons. The maximum Gasteiger partial charge on any atom is 0.290 e. The van der Waals surface area contributed by atoms with Crippen molar-refractivity contribution in [3.8, 4) is 0 Å². The first-order chi connectivity index (χ1) is 5.87. The number of hydrogen-bond donors (Lipinski definition) is 1. The Morgan fingerprint density at radius 3 is 2.54 bits per heavy atom. The van der Waals surface area contributed by atoms with Crippen LogP contribution < -0.4 is 5.48 Å². The Labute approximate surface area is 77.9 Å². The van der Waals surface area contributed by atoms with Crippen LogP contribution in [-0.4, -0.2) is 26.0 Å². The molecule has 0 aliphatic rings. The van der Waals surface area contributed by atoms with Gasteiger partial charge in [-0.25, -0.2) is 0 Å².